The van der Waals surface area contributed by atoms with Crippen LogP contribution in [0.25, 0.3) is 109 Å². The molecular formula is C52H32N4S. The van der Waals surface area contributed by atoms with Gasteiger partial charge in [0.15, 0.2) is 5.82 Å². The molecule has 0 bridgehead atoms. The minimum absolute atomic E-state index is 0.688. The molecule has 0 unspecified atom stereocenters. The first-order valence-corrected chi connectivity index (χ1v) is 20.1. The molecule has 0 N–H and O–H groups in total. The molecular weight excluding hydrogens is 713 g/mol. The van der Waals surface area contributed by atoms with Crippen LogP contribution >= 0.6 is 11.3 Å². The van der Waals surface area contributed by atoms with Gasteiger partial charge in [-0.05, 0) is 42.5 Å². The lowest BCUT2D eigenvalue weighted by Crippen LogP contribution is -2.00. The number of para-hydroxylation sites is 2. The maximum absolute atomic E-state index is 5.20. The minimum atomic E-state index is 0.688. The highest BCUT2D eigenvalue weighted by Crippen LogP contribution is 2.45. The molecule has 12 aromatic rings. The van der Waals surface area contributed by atoms with Gasteiger partial charge in [0, 0.05) is 59.4 Å². The van der Waals surface area contributed by atoms with E-state index in [1.807, 2.05) is 23.5 Å². The van der Waals surface area contributed by atoms with Gasteiger partial charge in [-0.1, -0.05) is 152 Å². The number of thiophene rings is 1. The largest absolute Gasteiger partial charge is 0.307 e. The van der Waals surface area contributed by atoms with Gasteiger partial charge in [0.1, 0.15) is 0 Å². The molecule has 0 fully saturated rings. The van der Waals surface area contributed by atoms with Crippen LogP contribution in [0, 0.1) is 0 Å². The average Bonchev–Trinajstić information content (AvgIpc) is 3.95. The third-order valence-electron chi connectivity index (χ3n) is 11.3. The first-order chi connectivity index (χ1) is 28.3. The Labute approximate surface area is 332 Å². The predicted molar refractivity (Wildman–Crippen MR) is 240 cm³/mol. The molecule has 0 spiro atoms. The van der Waals surface area contributed by atoms with Crippen molar-refractivity contribution in [3.05, 3.63) is 194 Å². The number of benzene rings is 8. The lowest BCUT2D eigenvalue weighted by Gasteiger charge is -2.14. The lowest BCUT2D eigenvalue weighted by molar-refractivity contribution is 1.15. The van der Waals surface area contributed by atoms with Crippen molar-refractivity contribution in [3.8, 4) is 45.3 Å². The number of aromatic nitrogens is 4. The molecule has 4 nitrogen and oxygen atoms in total. The van der Waals surface area contributed by atoms with Crippen LogP contribution in [0.3, 0.4) is 0 Å². The van der Waals surface area contributed by atoms with Crippen LogP contribution in [0.2, 0.25) is 0 Å². The zero-order chi connectivity index (χ0) is 37.5. The number of hydrogen-bond acceptors (Lipinski definition) is 3. The van der Waals surface area contributed by atoms with Gasteiger partial charge in [0.2, 0.25) is 0 Å². The molecule has 0 amide bonds. The maximum atomic E-state index is 5.20. The summed E-state index contributed by atoms with van der Waals surface area (Å²) in [6, 6.07) is 69.4. The van der Waals surface area contributed by atoms with E-state index >= 15 is 0 Å². The van der Waals surface area contributed by atoms with E-state index in [-0.39, 0.29) is 0 Å². The molecule has 0 aliphatic heterocycles. The first-order valence-electron chi connectivity index (χ1n) is 19.3. The molecule has 0 atom stereocenters. The molecule has 0 radical (unpaired) electrons. The van der Waals surface area contributed by atoms with E-state index in [0.717, 1.165) is 39.3 Å². The molecule has 57 heavy (non-hydrogen) atoms. The van der Waals surface area contributed by atoms with Crippen molar-refractivity contribution in [3.63, 3.8) is 0 Å². The molecule has 12 rings (SSSR count). The van der Waals surface area contributed by atoms with Crippen LogP contribution in [0.15, 0.2) is 194 Å². The maximum Gasteiger partial charge on any atom is 0.160 e. The molecule has 266 valence electrons. The predicted octanol–water partition coefficient (Wildman–Crippen LogP) is 14.0. The van der Waals surface area contributed by atoms with Gasteiger partial charge < -0.3 is 9.13 Å². The Morgan fingerprint density at radius 1 is 0.368 bits per heavy atom. The smallest absolute Gasteiger partial charge is 0.160 e. The Morgan fingerprint density at radius 3 is 1.58 bits per heavy atom. The summed E-state index contributed by atoms with van der Waals surface area (Å²) in [5.41, 5.74) is 11.8. The standard InChI is InChI=1S/C52H32N4S/c1-3-15-33(16-4-1)43-32-44(34-17-5-2-6-18-34)54-52(53-43)35-19-13-20-36(31-35)55-45-25-10-7-21-37(45)40-29-30-41-38-22-8-11-26-46(38)56(50(41)49(40)55)47-27-14-24-42-39-23-9-12-28-48(39)57-51(42)47/h1-32H. The van der Waals surface area contributed by atoms with Gasteiger partial charge in [-0.25, -0.2) is 9.97 Å². The second-order valence-electron chi connectivity index (χ2n) is 14.6. The monoisotopic (exact) mass is 744 g/mol. The van der Waals surface area contributed by atoms with Crippen molar-refractivity contribution in [2.45, 2.75) is 0 Å². The molecule has 0 aliphatic carbocycles. The minimum Gasteiger partial charge on any atom is -0.307 e. The highest BCUT2D eigenvalue weighted by molar-refractivity contribution is 7.26. The highest BCUT2D eigenvalue weighted by Gasteiger charge is 2.23. The van der Waals surface area contributed by atoms with E-state index in [2.05, 4.69) is 191 Å². The number of fused-ring (bicyclic) bond motifs is 10. The van der Waals surface area contributed by atoms with Crippen LogP contribution in [-0.2, 0) is 0 Å². The Hall–Kier alpha value is -7.34. The zero-order valence-corrected chi connectivity index (χ0v) is 31.5. The van der Waals surface area contributed by atoms with E-state index < -0.39 is 0 Å². The molecule has 4 heterocycles. The summed E-state index contributed by atoms with van der Waals surface area (Å²) in [7, 11) is 0. The summed E-state index contributed by atoms with van der Waals surface area (Å²) in [5.74, 6) is 0.688. The van der Waals surface area contributed by atoms with Crippen LogP contribution in [0.1, 0.15) is 0 Å². The van der Waals surface area contributed by atoms with Crippen LogP contribution < -0.4 is 0 Å². The summed E-state index contributed by atoms with van der Waals surface area (Å²) in [4.78, 5) is 10.4. The van der Waals surface area contributed by atoms with Crippen molar-refractivity contribution in [1.82, 2.24) is 19.1 Å². The summed E-state index contributed by atoms with van der Waals surface area (Å²) >= 11 is 1.87. The second kappa shape index (κ2) is 12.6. The zero-order valence-electron chi connectivity index (χ0n) is 30.7. The van der Waals surface area contributed by atoms with Crippen LogP contribution in [0.4, 0.5) is 0 Å². The molecule has 4 aromatic heterocycles. The van der Waals surface area contributed by atoms with Crippen molar-refractivity contribution in [2.24, 2.45) is 0 Å². The summed E-state index contributed by atoms with van der Waals surface area (Å²) in [6.07, 6.45) is 0. The van der Waals surface area contributed by atoms with Gasteiger partial charge >= 0.3 is 0 Å². The van der Waals surface area contributed by atoms with E-state index in [4.69, 9.17) is 9.97 Å². The van der Waals surface area contributed by atoms with Gasteiger partial charge in [-0.2, -0.15) is 0 Å². The topological polar surface area (TPSA) is 35.6 Å². The molecule has 5 heteroatoms. The second-order valence-corrected chi connectivity index (χ2v) is 15.6. The fourth-order valence-electron chi connectivity index (χ4n) is 8.80. The third kappa shape index (κ3) is 4.93. The summed E-state index contributed by atoms with van der Waals surface area (Å²) < 4.78 is 7.55. The van der Waals surface area contributed by atoms with Crippen LogP contribution in [0.5, 0.6) is 0 Å². The molecule has 0 saturated heterocycles. The fourth-order valence-corrected chi connectivity index (χ4v) is 10.0. The molecule has 0 aliphatic rings. The van der Waals surface area contributed by atoms with E-state index in [1.165, 1.54) is 64.0 Å². The Balaban J connectivity index is 1.16. The normalized spacial score (nSPS) is 11.9. The van der Waals surface area contributed by atoms with E-state index in [0.29, 0.717) is 5.82 Å². The quantitative estimate of drug-likeness (QED) is 0.176. The Morgan fingerprint density at radius 2 is 0.895 bits per heavy atom. The Bertz CT molecular complexity index is 3460. The van der Waals surface area contributed by atoms with E-state index in [1.54, 1.807) is 0 Å². The SMILES string of the molecule is c1ccc(-c2cc(-c3ccccc3)nc(-c3cccc(-n4c5ccccc5c5ccc6c7ccccc7n(-c7cccc8c7sc7ccccc78)c6c54)c3)n2)cc1. The van der Waals surface area contributed by atoms with Gasteiger partial charge in [0.25, 0.3) is 0 Å². The Kier molecular flexibility index (Phi) is 7.06. The van der Waals surface area contributed by atoms with Gasteiger partial charge in [0.05, 0.1) is 43.8 Å². The third-order valence-corrected chi connectivity index (χ3v) is 12.5. The van der Waals surface area contributed by atoms with Crippen molar-refractivity contribution in [1.29, 1.82) is 0 Å². The highest BCUT2D eigenvalue weighted by atomic mass is 32.1. The van der Waals surface area contributed by atoms with Crippen LogP contribution in [-0.4, -0.2) is 19.1 Å². The number of rotatable bonds is 5. The average molecular weight is 745 g/mol. The first kappa shape index (κ1) is 32.0. The molecule has 8 aromatic carbocycles. The summed E-state index contributed by atoms with van der Waals surface area (Å²) in [6.45, 7) is 0. The summed E-state index contributed by atoms with van der Waals surface area (Å²) in [5, 5.41) is 7.47. The van der Waals surface area contributed by atoms with Gasteiger partial charge in [-0.3, -0.25) is 0 Å². The number of hydrogen-bond donors (Lipinski definition) is 0. The van der Waals surface area contributed by atoms with Crippen molar-refractivity contribution in [2.75, 3.05) is 0 Å². The van der Waals surface area contributed by atoms with Crippen molar-refractivity contribution >= 4 is 75.1 Å². The molecule has 0 saturated carbocycles. The van der Waals surface area contributed by atoms with Gasteiger partial charge in [-0.15, -0.1) is 11.3 Å². The van der Waals surface area contributed by atoms with Crippen molar-refractivity contribution < 1.29 is 0 Å². The lowest BCUT2D eigenvalue weighted by atomic mass is 10.1. The van der Waals surface area contributed by atoms with E-state index in [9.17, 15) is 0 Å². The number of nitrogens with zero attached hydrogens (tertiary/aromatic N) is 4. The fraction of sp³-hybridized carbons (Fsp3) is 0.